The second kappa shape index (κ2) is 5.84. The lowest BCUT2D eigenvalue weighted by atomic mass is 10.2. The summed E-state index contributed by atoms with van der Waals surface area (Å²) in [5.74, 6) is 0. The first-order chi connectivity index (χ1) is 8.38. The predicted molar refractivity (Wildman–Crippen MR) is 70.0 cm³/mol. The van der Waals surface area contributed by atoms with E-state index in [1.54, 1.807) is 12.4 Å². The zero-order valence-electron chi connectivity index (χ0n) is 9.85. The number of anilines is 2. The lowest BCUT2D eigenvalue weighted by Gasteiger charge is -2.08. The second-order valence-electron chi connectivity index (χ2n) is 3.70. The summed E-state index contributed by atoms with van der Waals surface area (Å²) in [5, 5.41) is 6.56. The molecule has 0 aliphatic rings. The van der Waals surface area contributed by atoms with E-state index in [1.165, 1.54) is 5.56 Å². The normalized spacial score (nSPS) is 9.94. The molecule has 0 aliphatic heterocycles. The van der Waals surface area contributed by atoms with Crippen molar-refractivity contribution in [2.75, 3.05) is 17.2 Å². The molecule has 0 saturated carbocycles. The molecule has 0 unspecified atom stereocenters. The van der Waals surface area contributed by atoms with Crippen LogP contribution < -0.4 is 10.6 Å². The Morgan fingerprint density at radius 1 is 1.00 bits per heavy atom. The highest BCUT2D eigenvalue weighted by atomic mass is 14.9. The summed E-state index contributed by atoms with van der Waals surface area (Å²) >= 11 is 0. The quantitative estimate of drug-likeness (QED) is 0.825. The van der Waals surface area contributed by atoms with Crippen LogP contribution in [-0.4, -0.2) is 16.5 Å². The molecule has 2 heterocycles. The highest BCUT2D eigenvalue weighted by Gasteiger charge is 1.96. The van der Waals surface area contributed by atoms with E-state index in [9.17, 15) is 0 Å². The molecule has 2 aromatic rings. The molecule has 2 rings (SSSR count). The van der Waals surface area contributed by atoms with Gasteiger partial charge < -0.3 is 10.6 Å². The van der Waals surface area contributed by atoms with Crippen LogP contribution in [0.2, 0.25) is 0 Å². The van der Waals surface area contributed by atoms with Crippen molar-refractivity contribution >= 4 is 11.4 Å². The lowest BCUT2D eigenvalue weighted by molar-refractivity contribution is 1.11. The number of nitrogens with one attached hydrogen (secondary N) is 2. The molecule has 0 fully saturated rings. The van der Waals surface area contributed by atoms with Crippen LogP contribution in [0.1, 0.15) is 12.5 Å². The van der Waals surface area contributed by atoms with Gasteiger partial charge in [-0.05, 0) is 30.7 Å². The number of hydrogen-bond acceptors (Lipinski definition) is 4. The molecule has 0 aromatic carbocycles. The number of pyridine rings is 2. The first-order valence-corrected chi connectivity index (χ1v) is 5.70. The first kappa shape index (κ1) is 11.4. The molecule has 0 aliphatic carbocycles. The summed E-state index contributed by atoms with van der Waals surface area (Å²) in [5.41, 5.74) is 3.25. The maximum Gasteiger partial charge on any atom is 0.0550 e. The lowest BCUT2D eigenvalue weighted by Crippen LogP contribution is -2.02. The van der Waals surface area contributed by atoms with Gasteiger partial charge in [-0.25, -0.2) is 0 Å². The summed E-state index contributed by atoms with van der Waals surface area (Å²) < 4.78 is 0. The molecule has 2 aromatic heterocycles. The maximum atomic E-state index is 4.18. The Bertz CT molecular complexity index is 456. The fraction of sp³-hybridized carbons (Fsp3) is 0.231. The van der Waals surface area contributed by atoms with Crippen LogP contribution in [0.15, 0.2) is 43.0 Å². The second-order valence-corrected chi connectivity index (χ2v) is 3.70. The van der Waals surface area contributed by atoms with Crippen LogP contribution >= 0.6 is 0 Å². The van der Waals surface area contributed by atoms with Gasteiger partial charge in [-0.1, -0.05) is 0 Å². The van der Waals surface area contributed by atoms with Crippen molar-refractivity contribution in [1.82, 2.24) is 9.97 Å². The van der Waals surface area contributed by atoms with E-state index in [0.29, 0.717) is 0 Å². The van der Waals surface area contributed by atoms with Crippen molar-refractivity contribution in [2.45, 2.75) is 13.5 Å². The number of nitrogens with zero attached hydrogens (tertiary/aromatic N) is 2. The zero-order chi connectivity index (χ0) is 11.9. The maximum absolute atomic E-state index is 4.18. The highest BCUT2D eigenvalue weighted by molar-refractivity contribution is 5.54. The standard InChI is InChI=1S/C13H16N4/c1-2-16-12-7-13(10-15-9-12)17-8-11-3-5-14-6-4-11/h3-7,9-10,16-17H,2,8H2,1H3. The van der Waals surface area contributed by atoms with Gasteiger partial charge in [0.1, 0.15) is 0 Å². The van der Waals surface area contributed by atoms with Crippen LogP contribution in [0, 0.1) is 0 Å². The highest BCUT2D eigenvalue weighted by Crippen LogP contribution is 2.13. The first-order valence-electron chi connectivity index (χ1n) is 5.70. The fourth-order valence-electron chi connectivity index (χ4n) is 1.54. The Morgan fingerprint density at radius 3 is 2.41 bits per heavy atom. The van der Waals surface area contributed by atoms with E-state index in [2.05, 4.69) is 33.6 Å². The van der Waals surface area contributed by atoms with Gasteiger partial charge in [0.2, 0.25) is 0 Å². The Labute approximate surface area is 101 Å². The summed E-state index contributed by atoms with van der Waals surface area (Å²) in [6.07, 6.45) is 7.23. The minimum absolute atomic E-state index is 0.778. The molecule has 17 heavy (non-hydrogen) atoms. The van der Waals surface area contributed by atoms with Crippen LogP contribution in [0.4, 0.5) is 11.4 Å². The Kier molecular flexibility index (Phi) is 3.91. The third-order valence-corrected chi connectivity index (χ3v) is 2.37. The molecule has 0 atom stereocenters. The van der Waals surface area contributed by atoms with Crippen LogP contribution in [0.25, 0.3) is 0 Å². The molecule has 2 N–H and O–H groups in total. The molecule has 0 spiro atoms. The monoisotopic (exact) mass is 228 g/mol. The Morgan fingerprint density at radius 2 is 1.71 bits per heavy atom. The summed E-state index contributed by atoms with van der Waals surface area (Å²) in [6, 6.07) is 6.04. The van der Waals surface area contributed by atoms with E-state index in [0.717, 1.165) is 24.5 Å². The number of aromatic nitrogens is 2. The third kappa shape index (κ3) is 3.45. The van der Waals surface area contributed by atoms with Gasteiger partial charge in [-0.3, -0.25) is 9.97 Å². The van der Waals surface area contributed by atoms with E-state index in [1.807, 2.05) is 24.5 Å². The summed E-state index contributed by atoms with van der Waals surface area (Å²) in [6.45, 7) is 3.74. The minimum atomic E-state index is 0.778. The van der Waals surface area contributed by atoms with E-state index in [4.69, 9.17) is 0 Å². The van der Waals surface area contributed by atoms with Gasteiger partial charge in [-0.2, -0.15) is 0 Å². The zero-order valence-corrected chi connectivity index (χ0v) is 9.85. The average molecular weight is 228 g/mol. The topological polar surface area (TPSA) is 49.8 Å². The summed E-state index contributed by atoms with van der Waals surface area (Å²) in [7, 11) is 0. The van der Waals surface area contributed by atoms with Gasteiger partial charge in [0.25, 0.3) is 0 Å². The number of hydrogen-bond donors (Lipinski definition) is 2. The van der Waals surface area contributed by atoms with E-state index >= 15 is 0 Å². The van der Waals surface area contributed by atoms with Crippen LogP contribution in [0.3, 0.4) is 0 Å². The van der Waals surface area contributed by atoms with Crippen molar-refractivity contribution in [2.24, 2.45) is 0 Å². The van der Waals surface area contributed by atoms with E-state index in [-0.39, 0.29) is 0 Å². The van der Waals surface area contributed by atoms with Crippen molar-refractivity contribution in [3.63, 3.8) is 0 Å². The smallest absolute Gasteiger partial charge is 0.0550 e. The van der Waals surface area contributed by atoms with Gasteiger partial charge in [0.05, 0.1) is 23.8 Å². The van der Waals surface area contributed by atoms with Crippen molar-refractivity contribution in [1.29, 1.82) is 0 Å². The number of rotatable bonds is 5. The Hall–Kier alpha value is -2.10. The van der Waals surface area contributed by atoms with Crippen molar-refractivity contribution in [3.8, 4) is 0 Å². The van der Waals surface area contributed by atoms with Gasteiger partial charge in [0, 0.05) is 25.5 Å². The molecular formula is C13H16N4. The van der Waals surface area contributed by atoms with Crippen LogP contribution in [-0.2, 0) is 6.54 Å². The van der Waals surface area contributed by atoms with Gasteiger partial charge in [-0.15, -0.1) is 0 Å². The molecule has 4 nitrogen and oxygen atoms in total. The van der Waals surface area contributed by atoms with Gasteiger partial charge >= 0.3 is 0 Å². The van der Waals surface area contributed by atoms with Crippen molar-refractivity contribution in [3.05, 3.63) is 48.5 Å². The average Bonchev–Trinajstić information content (AvgIpc) is 2.39. The van der Waals surface area contributed by atoms with Crippen LogP contribution in [0.5, 0.6) is 0 Å². The largest absolute Gasteiger partial charge is 0.384 e. The van der Waals surface area contributed by atoms with Crippen molar-refractivity contribution < 1.29 is 0 Å². The predicted octanol–water partition coefficient (Wildman–Crippen LogP) is 2.52. The molecule has 88 valence electrons. The van der Waals surface area contributed by atoms with Gasteiger partial charge in [0.15, 0.2) is 0 Å². The molecule has 0 bridgehead atoms. The third-order valence-electron chi connectivity index (χ3n) is 2.37. The Balaban J connectivity index is 1.97. The molecule has 0 amide bonds. The van der Waals surface area contributed by atoms with E-state index < -0.39 is 0 Å². The molecule has 0 radical (unpaired) electrons. The fourth-order valence-corrected chi connectivity index (χ4v) is 1.54. The molecular weight excluding hydrogens is 212 g/mol. The minimum Gasteiger partial charge on any atom is -0.384 e. The molecule has 4 heteroatoms. The summed E-state index contributed by atoms with van der Waals surface area (Å²) in [4.78, 5) is 8.17. The SMILES string of the molecule is CCNc1cncc(NCc2ccncc2)c1. The molecule has 0 saturated heterocycles.